The first kappa shape index (κ1) is 20.6. The van der Waals surface area contributed by atoms with E-state index < -0.39 is 0 Å². The number of carbonyl (C=O) groups is 2. The van der Waals surface area contributed by atoms with E-state index >= 15 is 0 Å². The zero-order valence-corrected chi connectivity index (χ0v) is 17.5. The number of amides is 2. The molecule has 0 radical (unpaired) electrons. The molecule has 0 saturated heterocycles. The van der Waals surface area contributed by atoms with E-state index in [9.17, 15) is 9.59 Å². The maximum atomic E-state index is 13.0. The minimum Gasteiger partial charge on any atom is -0.359 e. The van der Waals surface area contributed by atoms with Gasteiger partial charge in [0.25, 0.3) is 5.91 Å². The van der Waals surface area contributed by atoms with Gasteiger partial charge in [0.15, 0.2) is 11.5 Å². The maximum absolute atomic E-state index is 13.0. The van der Waals surface area contributed by atoms with E-state index in [1.54, 1.807) is 6.07 Å². The van der Waals surface area contributed by atoms with Crippen molar-refractivity contribution < 1.29 is 14.1 Å². The summed E-state index contributed by atoms with van der Waals surface area (Å²) in [6, 6.07) is 11.6. The van der Waals surface area contributed by atoms with Crippen molar-refractivity contribution in [3.8, 4) is 0 Å². The van der Waals surface area contributed by atoms with Crippen LogP contribution in [0.4, 0.5) is 0 Å². The first-order valence-corrected chi connectivity index (χ1v) is 11.2. The van der Waals surface area contributed by atoms with Crippen molar-refractivity contribution in [1.29, 1.82) is 0 Å². The minimum atomic E-state index is -0.209. The van der Waals surface area contributed by atoms with Crippen LogP contribution in [0.2, 0.25) is 0 Å². The van der Waals surface area contributed by atoms with Gasteiger partial charge >= 0.3 is 0 Å². The summed E-state index contributed by atoms with van der Waals surface area (Å²) in [4.78, 5) is 27.1. The largest absolute Gasteiger partial charge is 0.359 e. The van der Waals surface area contributed by atoms with E-state index in [4.69, 9.17) is 4.52 Å². The molecular formula is C24H31N3O3. The predicted molar refractivity (Wildman–Crippen MR) is 113 cm³/mol. The van der Waals surface area contributed by atoms with Crippen molar-refractivity contribution in [2.75, 3.05) is 6.54 Å². The summed E-state index contributed by atoms with van der Waals surface area (Å²) in [5.74, 6) is 1.75. The van der Waals surface area contributed by atoms with Crippen LogP contribution in [0.3, 0.4) is 0 Å². The fourth-order valence-electron chi connectivity index (χ4n) is 4.15. The number of hydrogen-bond donors (Lipinski definition) is 1. The highest BCUT2D eigenvalue weighted by atomic mass is 16.5. The van der Waals surface area contributed by atoms with Gasteiger partial charge in [0.2, 0.25) is 5.91 Å². The summed E-state index contributed by atoms with van der Waals surface area (Å²) in [7, 11) is 0. The van der Waals surface area contributed by atoms with Crippen molar-refractivity contribution in [3.63, 3.8) is 0 Å². The summed E-state index contributed by atoms with van der Waals surface area (Å²) >= 11 is 0. The molecule has 2 aromatic rings. The lowest BCUT2D eigenvalue weighted by molar-refractivity contribution is -0.133. The van der Waals surface area contributed by atoms with Gasteiger partial charge in [-0.1, -0.05) is 61.2 Å². The van der Waals surface area contributed by atoms with E-state index in [-0.39, 0.29) is 17.5 Å². The molecule has 2 aliphatic carbocycles. The molecule has 0 bridgehead atoms. The van der Waals surface area contributed by atoms with Gasteiger partial charge in [-0.3, -0.25) is 9.59 Å². The SMILES string of the molecule is O=C(NCC1CC1)c1cc(CN(Cc2ccccc2)C(=O)CCC2CCCC2)on1. The van der Waals surface area contributed by atoms with Crippen LogP contribution in [-0.2, 0) is 17.9 Å². The van der Waals surface area contributed by atoms with Crippen LogP contribution < -0.4 is 5.32 Å². The predicted octanol–water partition coefficient (Wildman–Crippen LogP) is 4.31. The van der Waals surface area contributed by atoms with Crippen LogP contribution in [0, 0.1) is 11.8 Å². The van der Waals surface area contributed by atoms with Crippen LogP contribution in [-0.4, -0.2) is 28.4 Å². The molecule has 2 amide bonds. The van der Waals surface area contributed by atoms with Crippen molar-refractivity contribution in [3.05, 3.63) is 53.4 Å². The highest BCUT2D eigenvalue weighted by Gasteiger charge is 2.24. The third kappa shape index (κ3) is 5.94. The molecule has 30 heavy (non-hydrogen) atoms. The van der Waals surface area contributed by atoms with Crippen molar-refractivity contribution in [2.45, 2.75) is 64.5 Å². The van der Waals surface area contributed by atoms with Crippen LogP contribution in [0.15, 0.2) is 40.9 Å². The molecule has 2 fully saturated rings. The van der Waals surface area contributed by atoms with Gasteiger partial charge in [0, 0.05) is 25.6 Å². The molecule has 4 rings (SSSR count). The molecule has 6 heteroatoms. The topological polar surface area (TPSA) is 75.4 Å². The average Bonchev–Trinajstić information content (AvgIpc) is 3.23. The number of carbonyl (C=O) groups excluding carboxylic acids is 2. The normalized spacial score (nSPS) is 16.5. The fraction of sp³-hybridized carbons (Fsp3) is 0.542. The molecule has 160 valence electrons. The second-order valence-electron chi connectivity index (χ2n) is 8.76. The smallest absolute Gasteiger partial charge is 0.273 e. The summed E-state index contributed by atoms with van der Waals surface area (Å²) in [5.41, 5.74) is 1.36. The Morgan fingerprint density at radius 2 is 1.80 bits per heavy atom. The van der Waals surface area contributed by atoms with E-state index in [0.717, 1.165) is 12.0 Å². The first-order chi connectivity index (χ1) is 14.7. The molecule has 1 N–H and O–H groups in total. The van der Waals surface area contributed by atoms with Crippen molar-refractivity contribution >= 4 is 11.8 Å². The van der Waals surface area contributed by atoms with Crippen molar-refractivity contribution in [1.82, 2.24) is 15.4 Å². The third-order valence-electron chi connectivity index (χ3n) is 6.20. The van der Waals surface area contributed by atoms with Gasteiger partial charge in [-0.15, -0.1) is 0 Å². The number of nitrogens with one attached hydrogen (secondary N) is 1. The van der Waals surface area contributed by atoms with Gasteiger partial charge in [0.05, 0.1) is 6.54 Å². The Kier molecular flexibility index (Phi) is 6.82. The zero-order chi connectivity index (χ0) is 20.8. The summed E-state index contributed by atoms with van der Waals surface area (Å²) in [6.45, 7) is 1.54. The lowest BCUT2D eigenvalue weighted by Crippen LogP contribution is -2.30. The molecule has 1 aromatic carbocycles. The number of rotatable bonds is 10. The average molecular weight is 410 g/mol. The maximum Gasteiger partial charge on any atom is 0.273 e. The molecule has 0 unspecified atom stereocenters. The molecule has 6 nitrogen and oxygen atoms in total. The summed E-state index contributed by atoms with van der Waals surface area (Å²) in [6.07, 6.45) is 8.94. The number of hydrogen-bond acceptors (Lipinski definition) is 4. The highest BCUT2D eigenvalue weighted by Crippen LogP contribution is 2.29. The monoisotopic (exact) mass is 409 g/mol. The standard InChI is InChI=1S/C24H31N3O3/c28-23(13-12-18-6-4-5-7-18)27(16-20-8-2-1-3-9-20)17-21-14-22(26-30-21)24(29)25-15-19-10-11-19/h1-3,8-9,14,18-19H,4-7,10-13,15-17H2,(H,25,29). The van der Waals surface area contributed by atoms with Gasteiger partial charge in [-0.2, -0.15) is 0 Å². The first-order valence-electron chi connectivity index (χ1n) is 11.2. The van der Waals surface area contributed by atoms with Crippen LogP contribution >= 0.6 is 0 Å². The Bertz CT molecular complexity index is 838. The molecule has 2 aliphatic rings. The Labute approximate surface area is 178 Å². The van der Waals surface area contributed by atoms with Gasteiger partial charge in [-0.05, 0) is 36.7 Å². The Morgan fingerprint density at radius 1 is 1.03 bits per heavy atom. The molecule has 0 atom stereocenters. The zero-order valence-electron chi connectivity index (χ0n) is 17.5. The summed E-state index contributed by atoms with van der Waals surface area (Å²) < 4.78 is 5.40. The number of benzene rings is 1. The molecule has 1 aromatic heterocycles. The highest BCUT2D eigenvalue weighted by molar-refractivity contribution is 5.92. The molecule has 0 aliphatic heterocycles. The second kappa shape index (κ2) is 9.92. The molecule has 0 spiro atoms. The van der Waals surface area contributed by atoms with Gasteiger partial charge in [0.1, 0.15) is 0 Å². The lowest BCUT2D eigenvalue weighted by Gasteiger charge is -2.22. The Hall–Kier alpha value is -2.63. The minimum absolute atomic E-state index is 0.127. The Morgan fingerprint density at radius 3 is 2.53 bits per heavy atom. The lowest BCUT2D eigenvalue weighted by atomic mass is 10.0. The van der Waals surface area contributed by atoms with E-state index in [1.165, 1.54) is 38.5 Å². The van der Waals surface area contributed by atoms with Gasteiger partial charge < -0.3 is 14.7 Å². The van der Waals surface area contributed by atoms with E-state index in [1.807, 2.05) is 35.2 Å². The number of aromatic nitrogens is 1. The fourth-order valence-corrected chi connectivity index (χ4v) is 4.15. The van der Waals surface area contributed by atoms with Crippen LogP contribution in [0.5, 0.6) is 0 Å². The second-order valence-corrected chi connectivity index (χ2v) is 8.76. The molecule has 1 heterocycles. The number of nitrogens with zero attached hydrogens (tertiary/aromatic N) is 2. The van der Waals surface area contributed by atoms with Crippen LogP contribution in [0.25, 0.3) is 0 Å². The van der Waals surface area contributed by atoms with Crippen LogP contribution in [0.1, 0.15) is 73.2 Å². The third-order valence-corrected chi connectivity index (χ3v) is 6.20. The molecular weight excluding hydrogens is 378 g/mol. The molecule has 2 saturated carbocycles. The van der Waals surface area contributed by atoms with E-state index in [2.05, 4.69) is 10.5 Å². The van der Waals surface area contributed by atoms with Gasteiger partial charge in [-0.25, -0.2) is 0 Å². The quantitative estimate of drug-likeness (QED) is 0.634. The van der Waals surface area contributed by atoms with E-state index in [0.29, 0.717) is 43.7 Å². The Balaban J connectivity index is 1.38. The van der Waals surface area contributed by atoms with Crippen molar-refractivity contribution in [2.24, 2.45) is 11.8 Å². The summed E-state index contributed by atoms with van der Waals surface area (Å²) in [5, 5.41) is 6.82.